The number of fused-ring (bicyclic) bond motifs is 1. The van der Waals surface area contributed by atoms with Crippen LogP contribution >= 0.6 is 0 Å². The second-order valence-electron chi connectivity index (χ2n) is 7.20. The molecule has 0 unspecified atom stereocenters. The third kappa shape index (κ3) is 4.94. The van der Waals surface area contributed by atoms with Crippen LogP contribution in [0, 0.1) is 0 Å². The zero-order valence-corrected chi connectivity index (χ0v) is 17.7. The zero-order valence-electron chi connectivity index (χ0n) is 17.7. The number of nitrogens with two attached hydrogens (primary N) is 1. The van der Waals surface area contributed by atoms with Crippen molar-refractivity contribution in [2.45, 2.75) is 39.5 Å². The lowest BCUT2D eigenvalue weighted by Gasteiger charge is -2.13. The van der Waals surface area contributed by atoms with E-state index in [-0.39, 0.29) is 6.42 Å². The summed E-state index contributed by atoms with van der Waals surface area (Å²) in [6.07, 6.45) is 2.78. The summed E-state index contributed by atoms with van der Waals surface area (Å²) in [5.41, 5.74) is 10.7. The quantitative estimate of drug-likeness (QED) is 0.403. The third-order valence-electron chi connectivity index (χ3n) is 5.04. The lowest BCUT2D eigenvalue weighted by molar-refractivity contribution is -0.136. The fourth-order valence-corrected chi connectivity index (χ4v) is 3.74. The van der Waals surface area contributed by atoms with E-state index in [2.05, 4.69) is 4.98 Å². The number of nitrogens with one attached hydrogen (secondary N) is 1. The van der Waals surface area contributed by atoms with Gasteiger partial charge >= 0.3 is 5.97 Å². The number of unbranched alkanes of at least 4 members (excludes halogenated alkanes) is 1. The van der Waals surface area contributed by atoms with Crippen molar-refractivity contribution in [1.29, 1.82) is 0 Å². The maximum atomic E-state index is 11.2. The Morgan fingerprint density at radius 2 is 1.80 bits per heavy atom. The minimum absolute atomic E-state index is 0.0102. The van der Waals surface area contributed by atoms with Gasteiger partial charge in [0.15, 0.2) is 11.5 Å². The maximum absolute atomic E-state index is 11.2. The van der Waals surface area contributed by atoms with E-state index in [9.17, 15) is 4.79 Å². The summed E-state index contributed by atoms with van der Waals surface area (Å²) in [4.78, 5) is 14.7. The van der Waals surface area contributed by atoms with E-state index in [0.717, 1.165) is 58.5 Å². The van der Waals surface area contributed by atoms with Gasteiger partial charge < -0.3 is 25.3 Å². The highest BCUT2D eigenvalue weighted by Crippen LogP contribution is 2.37. The molecule has 4 N–H and O–H groups in total. The summed E-state index contributed by atoms with van der Waals surface area (Å²) >= 11 is 0. The summed E-state index contributed by atoms with van der Waals surface area (Å²) in [5, 5.41) is 10.2. The van der Waals surface area contributed by atoms with Gasteiger partial charge in [-0.25, -0.2) is 0 Å². The number of carboxylic acid groups (broad SMARTS) is 1. The Kier molecular flexibility index (Phi) is 7.36. The number of aromatic amines is 1. The van der Waals surface area contributed by atoms with Crippen LogP contribution in [0.15, 0.2) is 36.4 Å². The summed E-state index contributed by atoms with van der Waals surface area (Å²) < 4.78 is 11.5. The summed E-state index contributed by atoms with van der Waals surface area (Å²) in [6, 6.07) is 11.8. The van der Waals surface area contributed by atoms with E-state index in [1.54, 1.807) is 0 Å². The number of hydrogen-bond acceptors (Lipinski definition) is 4. The van der Waals surface area contributed by atoms with Crippen molar-refractivity contribution in [2.75, 3.05) is 19.8 Å². The minimum Gasteiger partial charge on any atom is -0.490 e. The Balaban J connectivity index is 2.10. The van der Waals surface area contributed by atoms with Gasteiger partial charge in [0.05, 0.1) is 19.6 Å². The number of carboxylic acids is 1. The van der Waals surface area contributed by atoms with Gasteiger partial charge in [0.25, 0.3) is 0 Å². The molecule has 0 saturated heterocycles. The first-order valence-electron chi connectivity index (χ1n) is 10.5. The van der Waals surface area contributed by atoms with Crippen molar-refractivity contribution in [3.05, 3.63) is 47.5 Å². The van der Waals surface area contributed by atoms with Gasteiger partial charge in [0.2, 0.25) is 0 Å². The number of H-pyrrole nitrogens is 1. The highest BCUT2D eigenvalue weighted by molar-refractivity contribution is 5.92. The fourth-order valence-electron chi connectivity index (χ4n) is 3.74. The molecule has 0 atom stereocenters. The molecule has 3 aromatic rings. The Labute approximate surface area is 177 Å². The lowest BCUT2D eigenvalue weighted by Crippen LogP contribution is -2.01. The van der Waals surface area contributed by atoms with Gasteiger partial charge in [-0.15, -0.1) is 0 Å². The smallest absolute Gasteiger partial charge is 0.307 e. The van der Waals surface area contributed by atoms with E-state index in [4.69, 9.17) is 20.3 Å². The molecule has 2 aromatic carbocycles. The SMILES string of the molecule is CCOc1ccc(-c2[nH]c3ccc(CC(=O)O)cc3c2CCCCN)cc1OCC. The number of aliphatic carboxylic acids is 1. The van der Waals surface area contributed by atoms with E-state index in [1.807, 2.05) is 50.2 Å². The summed E-state index contributed by atoms with van der Waals surface area (Å²) in [5.74, 6) is 0.616. The monoisotopic (exact) mass is 410 g/mol. The van der Waals surface area contributed by atoms with Crippen LogP contribution < -0.4 is 15.2 Å². The zero-order chi connectivity index (χ0) is 21.5. The van der Waals surface area contributed by atoms with Crippen molar-refractivity contribution in [3.63, 3.8) is 0 Å². The average molecular weight is 411 g/mol. The highest BCUT2D eigenvalue weighted by Gasteiger charge is 2.16. The normalized spacial score (nSPS) is 11.0. The molecule has 30 heavy (non-hydrogen) atoms. The van der Waals surface area contributed by atoms with Crippen LogP contribution in [0.3, 0.4) is 0 Å². The van der Waals surface area contributed by atoms with Crippen molar-refractivity contribution < 1.29 is 19.4 Å². The molecule has 6 nitrogen and oxygen atoms in total. The Morgan fingerprint density at radius 1 is 1.03 bits per heavy atom. The minimum atomic E-state index is -0.831. The topological polar surface area (TPSA) is 97.6 Å². The summed E-state index contributed by atoms with van der Waals surface area (Å²) in [7, 11) is 0. The third-order valence-corrected chi connectivity index (χ3v) is 5.04. The molecule has 0 spiro atoms. The van der Waals surface area contributed by atoms with Gasteiger partial charge in [-0.3, -0.25) is 4.79 Å². The maximum Gasteiger partial charge on any atom is 0.307 e. The number of rotatable bonds is 11. The number of hydrogen-bond donors (Lipinski definition) is 3. The van der Waals surface area contributed by atoms with Gasteiger partial charge in [0, 0.05) is 22.2 Å². The van der Waals surface area contributed by atoms with Crippen molar-refractivity contribution in [1.82, 2.24) is 4.98 Å². The molecule has 0 saturated carbocycles. The van der Waals surface area contributed by atoms with Crippen molar-refractivity contribution >= 4 is 16.9 Å². The van der Waals surface area contributed by atoms with Gasteiger partial charge in [0.1, 0.15) is 0 Å². The largest absolute Gasteiger partial charge is 0.490 e. The Hall–Kier alpha value is -2.99. The van der Waals surface area contributed by atoms with Crippen LogP contribution in [0.2, 0.25) is 0 Å². The highest BCUT2D eigenvalue weighted by atomic mass is 16.5. The molecule has 0 aliphatic heterocycles. The van der Waals surface area contributed by atoms with E-state index in [1.165, 1.54) is 5.56 Å². The molecule has 160 valence electrons. The number of aromatic nitrogens is 1. The number of benzene rings is 2. The van der Waals surface area contributed by atoms with Crippen molar-refractivity contribution in [2.24, 2.45) is 5.73 Å². The molecule has 1 aromatic heterocycles. The molecule has 0 aliphatic rings. The molecule has 0 radical (unpaired) electrons. The number of aryl methyl sites for hydroxylation is 1. The van der Waals surface area contributed by atoms with Gasteiger partial charge in [-0.2, -0.15) is 0 Å². The molecule has 0 bridgehead atoms. The molecular formula is C24H30N2O4. The van der Waals surface area contributed by atoms with Crippen LogP contribution in [-0.2, 0) is 17.6 Å². The molecule has 1 heterocycles. The van der Waals surface area contributed by atoms with E-state index < -0.39 is 5.97 Å². The molecule has 0 aliphatic carbocycles. The second-order valence-corrected chi connectivity index (χ2v) is 7.20. The second kappa shape index (κ2) is 10.2. The predicted molar refractivity (Wildman–Crippen MR) is 119 cm³/mol. The predicted octanol–water partition coefficient (Wildman–Crippen LogP) is 4.54. The van der Waals surface area contributed by atoms with Crippen LogP contribution in [0.4, 0.5) is 0 Å². The van der Waals surface area contributed by atoms with Gasteiger partial charge in [-0.05, 0) is 81.1 Å². The van der Waals surface area contributed by atoms with Gasteiger partial charge in [-0.1, -0.05) is 6.07 Å². The number of ether oxygens (including phenoxy) is 2. The lowest BCUT2D eigenvalue weighted by atomic mass is 9.98. The van der Waals surface area contributed by atoms with Crippen LogP contribution in [0.1, 0.15) is 37.8 Å². The molecular weight excluding hydrogens is 380 g/mol. The van der Waals surface area contributed by atoms with E-state index in [0.29, 0.717) is 19.8 Å². The summed E-state index contributed by atoms with van der Waals surface area (Å²) in [6.45, 7) is 5.68. The number of carbonyl (C=O) groups is 1. The Morgan fingerprint density at radius 3 is 2.50 bits per heavy atom. The standard InChI is InChI=1S/C24H30N2O4/c1-3-29-21-11-9-17(15-22(21)30-4-2)24-18(7-5-6-12-25)19-13-16(14-23(27)28)8-10-20(19)26-24/h8-11,13,15,26H,3-7,12,14,25H2,1-2H3,(H,27,28). The molecule has 0 amide bonds. The molecule has 0 fully saturated rings. The fraction of sp³-hybridized carbons (Fsp3) is 0.375. The first-order chi connectivity index (χ1) is 14.6. The first kappa shape index (κ1) is 21.7. The van der Waals surface area contributed by atoms with Crippen LogP contribution in [-0.4, -0.2) is 35.8 Å². The molecule has 6 heteroatoms. The first-order valence-corrected chi connectivity index (χ1v) is 10.5. The average Bonchev–Trinajstić information content (AvgIpc) is 3.07. The van der Waals surface area contributed by atoms with Crippen molar-refractivity contribution in [3.8, 4) is 22.8 Å². The van der Waals surface area contributed by atoms with Crippen LogP contribution in [0.5, 0.6) is 11.5 Å². The molecule has 3 rings (SSSR count). The van der Waals surface area contributed by atoms with Crippen LogP contribution in [0.25, 0.3) is 22.2 Å². The Bertz CT molecular complexity index is 1010. The van der Waals surface area contributed by atoms with E-state index >= 15 is 0 Å².